The number of benzene rings is 2. The highest BCUT2D eigenvalue weighted by atomic mass is 79.9. The SMILES string of the molecule is COCOc1ccc(-c2ncc(-c3ccc(F)nc3)cc2[N+](=O)[O-])cc1.COCOc1ccc(-c2ncc(Br)cc2[N+](=O)[O-])cc1. The van der Waals surface area contributed by atoms with Crippen molar-refractivity contribution in [3.05, 3.63) is 122 Å². The molecule has 5 aromatic rings. The highest BCUT2D eigenvalue weighted by molar-refractivity contribution is 9.10. The molecule has 0 radical (unpaired) electrons. The van der Waals surface area contributed by atoms with Crippen molar-refractivity contribution >= 4 is 27.3 Å². The number of ether oxygens (including phenoxy) is 4. The Labute approximate surface area is 270 Å². The van der Waals surface area contributed by atoms with E-state index in [1.54, 1.807) is 48.5 Å². The van der Waals surface area contributed by atoms with Gasteiger partial charge in [-0.2, -0.15) is 4.39 Å². The average Bonchev–Trinajstić information content (AvgIpc) is 3.07. The van der Waals surface area contributed by atoms with E-state index in [1.165, 1.54) is 57.1 Å². The molecule has 5 rings (SSSR count). The van der Waals surface area contributed by atoms with E-state index in [2.05, 4.69) is 30.9 Å². The standard InChI is InChI=1S/C18H14FN3O4.C13H11BrN2O4/c1-25-11-26-15-5-2-12(3-6-15)18-16(22(23)24)8-14(10-21-18)13-4-7-17(19)20-9-13;1-19-8-20-11-4-2-9(3-5-11)13-12(16(17)18)6-10(14)7-15-13/h2-10H,11H2,1H3;2-7H,8H2,1H3. The van der Waals surface area contributed by atoms with Crippen LogP contribution in [0.2, 0.25) is 0 Å². The number of nitro groups is 2. The molecule has 0 bridgehead atoms. The number of methoxy groups -OCH3 is 2. The summed E-state index contributed by atoms with van der Waals surface area (Å²) in [6.07, 6.45) is 4.32. The summed E-state index contributed by atoms with van der Waals surface area (Å²) in [5.41, 5.74) is 2.58. The molecule has 0 N–H and O–H groups in total. The van der Waals surface area contributed by atoms with E-state index >= 15 is 0 Å². The van der Waals surface area contributed by atoms with Gasteiger partial charge >= 0.3 is 0 Å². The van der Waals surface area contributed by atoms with Crippen molar-refractivity contribution in [1.29, 1.82) is 0 Å². The number of nitrogens with zero attached hydrogens (tertiary/aromatic N) is 5. The second-order valence-electron chi connectivity index (χ2n) is 9.15. The van der Waals surface area contributed by atoms with E-state index < -0.39 is 15.8 Å². The molecule has 0 saturated carbocycles. The maximum Gasteiger partial charge on any atom is 0.296 e. The van der Waals surface area contributed by atoms with Crippen LogP contribution >= 0.6 is 15.9 Å². The Bertz CT molecular complexity index is 1790. The summed E-state index contributed by atoms with van der Waals surface area (Å²) in [5, 5.41) is 22.5. The van der Waals surface area contributed by atoms with Crippen molar-refractivity contribution in [2.45, 2.75) is 0 Å². The van der Waals surface area contributed by atoms with Crippen LogP contribution in [0.4, 0.5) is 15.8 Å². The fourth-order valence-electron chi connectivity index (χ4n) is 3.98. The lowest BCUT2D eigenvalue weighted by atomic mass is 10.1. The third-order valence-corrected chi connectivity index (χ3v) is 6.53. The smallest absolute Gasteiger partial charge is 0.296 e. The Balaban J connectivity index is 0.000000216. The van der Waals surface area contributed by atoms with Gasteiger partial charge in [0.15, 0.2) is 13.6 Å². The van der Waals surface area contributed by atoms with Gasteiger partial charge in [-0.25, -0.2) is 15.0 Å². The predicted octanol–water partition coefficient (Wildman–Crippen LogP) is 7.24. The van der Waals surface area contributed by atoms with E-state index in [1.807, 2.05) is 0 Å². The van der Waals surface area contributed by atoms with Crippen molar-refractivity contribution in [2.24, 2.45) is 0 Å². The van der Waals surface area contributed by atoms with Gasteiger partial charge in [0.05, 0.1) is 9.85 Å². The molecule has 0 saturated heterocycles. The first-order chi connectivity index (χ1) is 22.2. The van der Waals surface area contributed by atoms with Gasteiger partial charge in [-0.15, -0.1) is 0 Å². The zero-order valence-corrected chi connectivity index (χ0v) is 25.9. The summed E-state index contributed by atoms with van der Waals surface area (Å²) >= 11 is 3.18. The molecule has 0 aliphatic heterocycles. The number of aromatic nitrogens is 3. The summed E-state index contributed by atoms with van der Waals surface area (Å²) in [6.45, 7) is 0.258. The largest absolute Gasteiger partial charge is 0.468 e. The predicted molar refractivity (Wildman–Crippen MR) is 169 cm³/mol. The van der Waals surface area contributed by atoms with Crippen molar-refractivity contribution in [3.63, 3.8) is 0 Å². The Kier molecular flexibility index (Phi) is 11.7. The molecule has 0 aliphatic carbocycles. The molecule has 2 aromatic carbocycles. The minimum Gasteiger partial charge on any atom is -0.468 e. The lowest BCUT2D eigenvalue weighted by molar-refractivity contribution is -0.384. The van der Waals surface area contributed by atoms with Crippen LogP contribution in [-0.4, -0.2) is 52.6 Å². The molecule has 13 nitrogen and oxygen atoms in total. The van der Waals surface area contributed by atoms with Crippen LogP contribution in [-0.2, 0) is 9.47 Å². The topological polar surface area (TPSA) is 162 Å². The molecule has 15 heteroatoms. The van der Waals surface area contributed by atoms with Gasteiger partial charge in [0.2, 0.25) is 5.95 Å². The van der Waals surface area contributed by atoms with Crippen molar-refractivity contribution in [2.75, 3.05) is 27.8 Å². The first-order valence-corrected chi connectivity index (χ1v) is 14.0. The third-order valence-electron chi connectivity index (χ3n) is 6.10. The van der Waals surface area contributed by atoms with Gasteiger partial charge in [-0.3, -0.25) is 20.2 Å². The van der Waals surface area contributed by atoms with Crippen molar-refractivity contribution < 1.29 is 33.2 Å². The van der Waals surface area contributed by atoms with E-state index in [4.69, 9.17) is 18.9 Å². The van der Waals surface area contributed by atoms with Gasteiger partial charge in [-0.05, 0) is 76.6 Å². The Hall–Kier alpha value is -5.38. The van der Waals surface area contributed by atoms with Crippen LogP contribution in [0.3, 0.4) is 0 Å². The fourth-order valence-corrected chi connectivity index (χ4v) is 4.30. The monoisotopic (exact) mass is 693 g/mol. The van der Waals surface area contributed by atoms with Crippen molar-refractivity contribution in [1.82, 2.24) is 15.0 Å². The fraction of sp³-hybridized carbons (Fsp3) is 0.129. The summed E-state index contributed by atoms with van der Waals surface area (Å²) in [6, 6.07) is 19.1. The molecular formula is C31H25BrFN5O8. The number of hydrogen-bond donors (Lipinski definition) is 0. The zero-order valence-electron chi connectivity index (χ0n) is 24.3. The van der Waals surface area contributed by atoms with Gasteiger partial charge in [0.1, 0.15) is 22.9 Å². The van der Waals surface area contributed by atoms with Crippen LogP contribution in [0.1, 0.15) is 0 Å². The maximum atomic E-state index is 13.0. The Morgan fingerprint density at radius 1 is 0.652 bits per heavy atom. The molecule has 236 valence electrons. The van der Waals surface area contributed by atoms with Gasteiger partial charge < -0.3 is 18.9 Å². The van der Waals surface area contributed by atoms with E-state index in [0.29, 0.717) is 43.9 Å². The van der Waals surface area contributed by atoms with E-state index in [9.17, 15) is 24.6 Å². The van der Waals surface area contributed by atoms with Gasteiger partial charge in [-0.1, -0.05) is 0 Å². The molecular weight excluding hydrogens is 669 g/mol. The number of hydrogen-bond acceptors (Lipinski definition) is 11. The van der Waals surface area contributed by atoms with E-state index in [0.717, 1.165) is 0 Å². The average molecular weight is 694 g/mol. The highest BCUT2D eigenvalue weighted by Crippen LogP contribution is 2.33. The van der Waals surface area contributed by atoms with E-state index in [-0.39, 0.29) is 30.7 Å². The van der Waals surface area contributed by atoms with Crippen LogP contribution in [0.15, 0.2) is 95.9 Å². The minimum atomic E-state index is -0.622. The first kappa shape index (κ1) is 33.5. The van der Waals surface area contributed by atoms with Crippen molar-refractivity contribution in [3.8, 4) is 45.1 Å². The molecule has 0 amide bonds. The third kappa shape index (κ3) is 8.84. The maximum absolute atomic E-state index is 13.0. The quantitative estimate of drug-likeness (QED) is 0.0593. The molecule has 0 unspecified atom stereocenters. The molecule has 0 aliphatic rings. The molecule has 46 heavy (non-hydrogen) atoms. The number of halogens is 2. The summed E-state index contributed by atoms with van der Waals surface area (Å²) in [7, 11) is 3.04. The van der Waals surface area contributed by atoms with Crippen LogP contribution in [0, 0.1) is 26.2 Å². The molecule has 0 spiro atoms. The lowest BCUT2D eigenvalue weighted by Gasteiger charge is -2.07. The van der Waals surface area contributed by atoms with Crippen LogP contribution in [0.5, 0.6) is 11.5 Å². The number of rotatable bonds is 11. The summed E-state index contributed by atoms with van der Waals surface area (Å²) in [5.74, 6) is 0.575. The first-order valence-electron chi connectivity index (χ1n) is 13.2. The summed E-state index contributed by atoms with van der Waals surface area (Å²) < 4.78 is 33.7. The van der Waals surface area contributed by atoms with Crippen LogP contribution in [0.25, 0.3) is 33.6 Å². The van der Waals surface area contributed by atoms with Gasteiger partial charge in [0.25, 0.3) is 11.4 Å². The zero-order chi connectivity index (χ0) is 33.1. The summed E-state index contributed by atoms with van der Waals surface area (Å²) in [4.78, 5) is 33.5. The molecule has 0 fully saturated rings. The molecule has 3 heterocycles. The normalized spacial score (nSPS) is 10.4. The molecule has 3 aromatic heterocycles. The van der Waals surface area contributed by atoms with Gasteiger partial charge in [0, 0.05) is 71.7 Å². The Morgan fingerprint density at radius 2 is 1.11 bits per heavy atom. The highest BCUT2D eigenvalue weighted by Gasteiger charge is 2.19. The lowest BCUT2D eigenvalue weighted by Crippen LogP contribution is -1.99. The second-order valence-corrected chi connectivity index (χ2v) is 10.1. The van der Waals surface area contributed by atoms with Crippen LogP contribution < -0.4 is 9.47 Å². The molecule has 0 atom stereocenters. The Morgan fingerprint density at radius 3 is 1.57 bits per heavy atom. The minimum absolute atomic E-state index is 0.0510. The second kappa shape index (κ2) is 16.1. The number of pyridine rings is 3.